The molecule has 2 aromatic carbocycles. The molecule has 0 unspecified atom stereocenters. The van der Waals surface area contributed by atoms with Crippen LogP contribution in [0.1, 0.15) is 25.3 Å². The third-order valence-electron chi connectivity index (χ3n) is 3.33. The normalized spacial score (nSPS) is 11.6. The summed E-state index contributed by atoms with van der Waals surface area (Å²) < 4.78 is 32.9. The summed E-state index contributed by atoms with van der Waals surface area (Å²) in [6.45, 7) is 3.94. The van der Waals surface area contributed by atoms with Crippen molar-refractivity contribution in [1.29, 1.82) is 0 Å². The second-order valence-corrected chi connectivity index (χ2v) is 7.73. The van der Waals surface area contributed by atoms with Crippen LogP contribution < -0.4 is 9.46 Å². The van der Waals surface area contributed by atoms with Crippen molar-refractivity contribution in [2.45, 2.75) is 24.7 Å². The topological polar surface area (TPSA) is 55.4 Å². The first kappa shape index (κ1) is 17.9. The Bertz CT molecular complexity index is 820. The van der Waals surface area contributed by atoms with Crippen LogP contribution in [0.3, 0.4) is 0 Å². The molecular weight excluding hydrogens is 357 g/mol. The summed E-state index contributed by atoms with van der Waals surface area (Å²) >= 11 is 11.9. The first-order chi connectivity index (χ1) is 10.8. The predicted molar refractivity (Wildman–Crippen MR) is 94.4 cm³/mol. The van der Waals surface area contributed by atoms with Gasteiger partial charge >= 0.3 is 0 Å². The van der Waals surface area contributed by atoms with Crippen molar-refractivity contribution in [3.05, 3.63) is 52.0 Å². The van der Waals surface area contributed by atoms with Gasteiger partial charge in [-0.05, 0) is 41.8 Å². The molecule has 0 aliphatic carbocycles. The number of rotatable bonds is 5. The molecule has 23 heavy (non-hydrogen) atoms. The summed E-state index contributed by atoms with van der Waals surface area (Å²) in [6, 6.07) is 9.50. The van der Waals surface area contributed by atoms with E-state index >= 15 is 0 Å². The van der Waals surface area contributed by atoms with Gasteiger partial charge in [0.25, 0.3) is 10.0 Å². The minimum atomic E-state index is -3.78. The zero-order chi connectivity index (χ0) is 17.2. The maximum Gasteiger partial charge on any atom is 0.261 e. The monoisotopic (exact) mass is 373 g/mol. The van der Waals surface area contributed by atoms with E-state index in [1.165, 1.54) is 6.07 Å². The van der Waals surface area contributed by atoms with Crippen molar-refractivity contribution in [1.82, 2.24) is 0 Å². The molecule has 124 valence electrons. The van der Waals surface area contributed by atoms with Gasteiger partial charge in [0.2, 0.25) is 0 Å². The highest BCUT2D eigenvalue weighted by molar-refractivity contribution is 7.92. The maximum absolute atomic E-state index is 12.6. The van der Waals surface area contributed by atoms with Crippen molar-refractivity contribution in [3.8, 4) is 5.75 Å². The van der Waals surface area contributed by atoms with Crippen molar-refractivity contribution in [3.63, 3.8) is 0 Å². The number of ether oxygens (including phenoxy) is 1. The van der Waals surface area contributed by atoms with Crippen LogP contribution in [0, 0.1) is 0 Å². The lowest BCUT2D eigenvalue weighted by Gasteiger charge is -2.15. The van der Waals surface area contributed by atoms with Gasteiger partial charge in [0.05, 0.1) is 27.7 Å². The fourth-order valence-electron chi connectivity index (χ4n) is 2.12. The number of hydrogen-bond acceptors (Lipinski definition) is 3. The minimum Gasteiger partial charge on any atom is -0.496 e. The molecule has 0 saturated heterocycles. The van der Waals surface area contributed by atoms with Crippen LogP contribution in [0.5, 0.6) is 5.75 Å². The van der Waals surface area contributed by atoms with E-state index in [9.17, 15) is 8.42 Å². The molecule has 4 nitrogen and oxygen atoms in total. The van der Waals surface area contributed by atoms with Gasteiger partial charge in [0.1, 0.15) is 5.75 Å². The smallest absolute Gasteiger partial charge is 0.261 e. The van der Waals surface area contributed by atoms with Crippen molar-refractivity contribution >= 4 is 38.9 Å². The molecule has 0 spiro atoms. The lowest BCUT2D eigenvalue weighted by molar-refractivity contribution is 0.407. The Hall–Kier alpha value is -1.43. The summed E-state index contributed by atoms with van der Waals surface area (Å²) in [7, 11) is -2.23. The Kier molecular flexibility index (Phi) is 5.45. The van der Waals surface area contributed by atoms with Gasteiger partial charge in [-0.25, -0.2) is 8.42 Å². The molecule has 0 aromatic heterocycles. The van der Waals surface area contributed by atoms with Crippen molar-refractivity contribution in [2.75, 3.05) is 11.8 Å². The van der Waals surface area contributed by atoms with Crippen molar-refractivity contribution in [2.24, 2.45) is 0 Å². The molecule has 0 atom stereocenters. The Morgan fingerprint density at radius 3 is 2.43 bits per heavy atom. The highest BCUT2D eigenvalue weighted by Crippen LogP contribution is 2.33. The zero-order valence-corrected chi connectivity index (χ0v) is 15.3. The molecule has 7 heteroatoms. The second kappa shape index (κ2) is 6.99. The van der Waals surface area contributed by atoms with E-state index in [0.717, 1.165) is 5.56 Å². The van der Waals surface area contributed by atoms with Crippen LogP contribution in [-0.2, 0) is 10.0 Å². The molecule has 1 N–H and O–H groups in total. The number of nitrogens with one attached hydrogen (secondary N) is 1. The number of methoxy groups -OCH3 is 1. The molecule has 2 rings (SSSR count). The average molecular weight is 374 g/mol. The van der Waals surface area contributed by atoms with Crippen LogP contribution in [0.4, 0.5) is 5.69 Å². The number of sulfonamides is 1. The summed E-state index contributed by atoms with van der Waals surface area (Å²) in [4.78, 5) is 0.137. The number of benzene rings is 2. The number of halogens is 2. The highest BCUT2D eigenvalue weighted by atomic mass is 35.5. The van der Waals surface area contributed by atoms with E-state index < -0.39 is 10.0 Å². The fourth-order valence-corrected chi connectivity index (χ4v) is 3.63. The van der Waals surface area contributed by atoms with Crippen LogP contribution in [0.2, 0.25) is 10.0 Å². The Morgan fingerprint density at radius 1 is 1.13 bits per heavy atom. The fraction of sp³-hybridized carbons (Fsp3) is 0.250. The van der Waals surface area contributed by atoms with Crippen LogP contribution >= 0.6 is 23.2 Å². The molecule has 0 saturated carbocycles. The average Bonchev–Trinajstić information content (AvgIpc) is 2.51. The quantitative estimate of drug-likeness (QED) is 0.808. The molecule has 0 radical (unpaired) electrons. The first-order valence-corrected chi connectivity index (χ1v) is 9.15. The zero-order valence-electron chi connectivity index (χ0n) is 12.9. The Balaban J connectivity index is 2.44. The Morgan fingerprint density at radius 2 is 1.83 bits per heavy atom. The van der Waals surface area contributed by atoms with Gasteiger partial charge in [-0.3, -0.25) is 4.72 Å². The largest absolute Gasteiger partial charge is 0.496 e. The minimum absolute atomic E-state index is 0.120. The third kappa shape index (κ3) is 3.91. The second-order valence-electron chi connectivity index (χ2n) is 5.27. The van der Waals surface area contributed by atoms with E-state index in [-0.39, 0.29) is 26.5 Å². The van der Waals surface area contributed by atoms with Gasteiger partial charge in [-0.2, -0.15) is 0 Å². The van der Waals surface area contributed by atoms with E-state index in [2.05, 4.69) is 4.72 Å². The summed E-state index contributed by atoms with van der Waals surface area (Å²) in [5.41, 5.74) is 1.05. The standard InChI is InChI=1S/C16H17Cl2NO3S/c1-10(2)12-9-11(7-8-15(12)22-3)23(20,21)19-14-6-4-5-13(17)16(14)18/h4-10,19H,1-3H3. The van der Waals surface area contributed by atoms with Gasteiger partial charge in [-0.15, -0.1) is 0 Å². The lowest BCUT2D eigenvalue weighted by atomic mass is 10.0. The third-order valence-corrected chi connectivity index (χ3v) is 5.51. The van der Waals surface area contributed by atoms with Crippen LogP contribution in [-0.4, -0.2) is 15.5 Å². The van der Waals surface area contributed by atoms with E-state index in [1.807, 2.05) is 13.8 Å². The van der Waals surface area contributed by atoms with Crippen LogP contribution in [0.15, 0.2) is 41.3 Å². The Labute approximate surface area is 146 Å². The van der Waals surface area contributed by atoms with Gasteiger partial charge in [-0.1, -0.05) is 43.1 Å². The SMILES string of the molecule is COc1ccc(S(=O)(=O)Nc2cccc(Cl)c2Cl)cc1C(C)C. The number of hydrogen-bond donors (Lipinski definition) is 1. The molecule has 0 heterocycles. The summed E-state index contributed by atoms with van der Waals surface area (Å²) in [5, 5.41) is 0.444. The first-order valence-electron chi connectivity index (χ1n) is 6.91. The molecule has 0 fully saturated rings. The van der Waals surface area contributed by atoms with Gasteiger partial charge in [0.15, 0.2) is 0 Å². The maximum atomic E-state index is 12.6. The van der Waals surface area contributed by atoms with E-state index in [0.29, 0.717) is 5.75 Å². The molecule has 2 aromatic rings. The summed E-state index contributed by atoms with van der Waals surface area (Å²) in [5.74, 6) is 0.773. The van der Waals surface area contributed by atoms with Crippen LogP contribution in [0.25, 0.3) is 0 Å². The van der Waals surface area contributed by atoms with Gasteiger partial charge in [0, 0.05) is 0 Å². The van der Waals surface area contributed by atoms with Crippen molar-refractivity contribution < 1.29 is 13.2 Å². The molecule has 0 aliphatic rings. The highest BCUT2D eigenvalue weighted by Gasteiger charge is 2.19. The summed E-state index contributed by atoms with van der Waals surface area (Å²) in [6.07, 6.45) is 0. The lowest BCUT2D eigenvalue weighted by Crippen LogP contribution is -2.14. The van der Waals surface area contributed by atoms with Gasteiger partial charge < -0.3 is 4.74 Å². The van der Waals surface area contributed by atoms with E-state index in [1.54, 1.807) is 37.4 Å². The molecule has 0 aliphatic heterocycles. The van der Waals surface area contributed by atoms with E-state index in [4.69, 9.17) is 27.9 Å². The molecular formula is C16H17Cl2NO3S. The predicted octanol–water partition coefficient (Wildman–Crippen LogP) is 4.93. The molecule has 0 amide bonds. The molecule has 0 bridgehead atoms. The number of anilines is 1.